The van der Waals surface area contributed by atoms with Crippen LogP contribution < -0.4 is 0 Å². The molecule has 0 radical (unpaired) electrons. The smallest absolute Gasteiger partial charge is 0.0693 e. The molecule has 0 saturated carbocycles. The van der Waals surface area contributed by atoms with Gasteiger partial charge in [0.05, 0.1) is 6.61 Å². The highest BCUT2D eigenvalue weighted by molar-refractivity contribution is 9.10. The van der Waals surface area contributed by atoms with Crippen LogP contribution in [0.25, 0.3) is 21.5 Å². The second-order valence-corrected chi connectivity index (χ2v) is 4.96. The normalized spacial score (nSPS) is 11.2. The molecule has 3 aromatic rings. The number of hydrogen-bond donors (Lipinski definition) is 1. The maximum Gasteiger partial charge on any atom is 0.0693 e. The molecule has 0 saturated heterocycles. The highest BCUT2D eigenvalue weighted by Crippen LogP contribution is 2.30. The largest absolute Gasteiger partial charge is 0.392 e. The summed E-state index contributed by atoms with van der Waals surface area (Å²) < 4.78 is 0.961. The van der Waals surface area contributed by atoms with Gasteiger partial charge in [0.2, 0.25) is 0 Å². The Morgan fingerprint density at radius 2 is 1.65 bits per heavy atom. The first kappa shape index (κ1) is 10.8. The predicted octanol–water partition coefficient (Wildman–Crippen LogP) is 4.25. The first-order valence-corrected chi connectivity index (χ1v) is 6.29. The second kappa shape index (κ2) is 4.13. The van der Waals surface area contributed by atoms with Crippen LogP contribution >= 0.6 is 15.9 Å². The Labute approximate surface area is 108 Å². The minimum atomic E-state index is 0.0553. The van der Waals surface area contributed by atoms with Crippen molar-refractivity contribution in [3.05, 3.63) is 58.6 Å². The summed E-state index contributed by atoms with van der Waals surface area (Å²) >= 11 is 3.48. The number of aliphatic hydroxyl groups is 1. The zero-order valence-electron chi connectivity index (χ0n) is 9.15. The van der Waals surface area contributed by atoms with Crippen molar-refractivity contribution in [2.45, 2.75) is 6.61 Å². The van der Waals surface area contributed by atoms with E-state index in [2.05, 4.69) is 52.3 Å². The van der Waals surface area contributed by atoms with Gasteiger partial charge in [0.15, 0.2) is 0 Å². The zero-order chi connectivity index (χ0) is 11.8. The van der Waals surface area contributed by atoms with E-state index in [0.717, 1.165) is 10.0 Å². The monoisotopic (exact) mass is 286 g/mol. The van der Waals surface area contributed by atoms with Crippen molar-refractivity contribution in [2.75, 3.05) is 0 Å². The number of aliphatic hydroxyl groups excluding tert-OH is 1. The first-order chi connectivity index (χ1) is 8.29. The van der Waals surface area contributed by atoms with E-state index >= 15 is 0 Å². The summed E-state index contributed by atoms with van der Waals surface area (Å²) in [5, 5.41) is 14.2. The fourth-order valence-electron chi connectivity index (χ4n) is 2.19. The molecule has 0 heterocycles. The van der Waals surface area contributed by atoms with Crippen LogP contribution in [-0.2, 0) is 6.61 Å². The summed E-state index contributed by atoms with van der Waals surface area (Å²) in [5.41, 5.74) is 0.925. The summed E-state index contributed by atoms with van der Waals surface area (Å²) in [6, 6.07) is 16.7. The van der Waals surface area contributed by atoms with Crippen molar-refractivity contribution in [1.29, 1.82) is 0 Å². The lowest BCUT2D eigenvalue weighted by Crippen LogP contribution is -1.86. The van der Waals surface area contributed by atoms with Crippen molar-refractivity contribution < 1.29 is 5.11 Å². The van der Waals surface area contributed by atoms with Gasteiger partial charge in [-0.3, -0.25) is 0 Å². The third kappa shape index (κ3) is 1.74. The molecule has 84 valence electrons. The predicted molar refractivity (Wildman–Crippen MR) is 75.1 cm³/mol. The lowest BCUT2D eigenvalue weighted by molar-refractivity contribution is 0.281. The van der Waals surface area contributed by atoms with E-state index in [1.165, 1.54) is 21.5 Å². The average Bonchev–Trinajstić information content (AvgIpc) is 2.37. The van der Waals surface area contributed by atoms with Gasteiger partial charge < -0.3 is 5.11 Å². The Hall–Kier alpha value is -1.38. The SMILES string of the molecule is OCc1cc2c(ccc3ccccc32)cc1Br. The summed E-state index contributed by atoms with van der Waals surface area (Å²) in [7, 11) is 0. The van der Waals surface area contributed by atoms with E-state index in [0.29, 0.717) is 0 Å². The van der Waals surface area contributed by atoms with Crippen LogP contribution in [0.1, 0.15) is 5.56 Å². The highest BCUT2D eigenvalue weighted by atomic mass is 79.9. The third-order valence-corrected chi connectivity index (χ3v) is 3.82. The molecule has 2 heteroatoms. The summed E-state index contributed by atoms with van der Waals surface area (Å²) in [6.45, 7) is 0.0553. The van der Waals surface area contributed by atoms with Crippen LogP contribution in [0.2, 0.25) is 0 Å². The molecule has 0 fully saturated rings. The maximum absolute atomic E-state index is 9.32. The van der Waals surface area contributed by atoms with Gasteiger partial charge in [0.1, 0.15) is 0 Å². The molecule has 0 unspecified atom stereocenters. The Balaban J connectivity index is 2.48. The molecule has 0 atom stereocenters. The fourth-order valence-corrected chi connectivity index (χ4v) is 2.68. The number of benzene rings is 3. The fraction of sp³-hybridized carbons (Fsp3) is 0.0667. The molecule has 3 aromatic carbocycles. The van der Waals surface area contributed by atoms with E-state index < -0.39 is 0 Å². The van der Waals surface area contributed by atoms with E-state index in [1.54, 1.807) is 0 Å². The van der Waals surface area contributed by atoms with Gasteiger partial charge in [0.25, 0.3) is 0 Å². The van der Waals surface area contributed by atoms with Crippen LogP contribution in [0.15, 0.2) is 53.0 Å². The van der Waals surface area contributed by atoms with Crippen LogP contribution in [0, 0.1) is 0 Å². The van der Waals surface area contributed by atoms with Gasteiger partial charge >= 0.3 is 0 Å². The van der Waals surface area contributed by atoms with Crippen molar-refractivity contribution >= 4 is 37.5 Å². The first-order valence-electron chi connectivity index (χ1n) is 5.50. The quantitative estimate of drug-likeness (QED) is 0.663. The molecule has 0 bridgehead atoms. The van der Waals surface area contributed by atoms with Gasteiger partial charge in [-0.15, -0.1) is 0 Å². The van der Waals surface area contributed by atoms with Crippen molar-refractivity contribution in [3.8, 4) is 0 Å². The van der Waals surface area contributed by atoms with E-state index in [9.17, 15) is 5.11 Å². The van der Waals surface area contributed by atoms with Gasteiger partial charge in [-0.1, -0.05) is 52.3 Å². The molecule has 1 N–H and O–H groups in total. The standard InChI is InChI=1S/C15H11BrO/c16-15-8-11-6-5-10-3-1-2-4-13(10)14(11)7-12(15)9-17/h1-8,17H,9H2. The molecule has 1 nitrogen and oxygen atoms in total. The van der Waals surface area contributed by atoms with Gasteiger partial charge in [-0.25, -0.2) is 0 Å². The second-order valence-electron chi connectivity index (χ2n) is 4.11. The van der Waals surface area contributed by atoms with E-state index in [1.807, 2.05) is 12.1 Å². The summed E-state index contributed by atoms with van der Waals surface area (Å²) in [4.78, 5) is 0. The van der Waals surface area contributed by atoms with Gasteiger partial charge in [0, 0.05) is 4.47 Å². The van der Waals surface area contributed by atoms with Gasteiger partial charge in [-0.05, 0) is 39.2 Å². The Morgan fingerprint density at radius 3 is 2.47 bits per heavy atom. The van der Waals surface area contributed by atoms with Gasteiger partial charge in [-0.2, -0.15) is 0 Å². The van der Waals surface area contributed by atoms with Crippen LogP contribution in [0.5, 0.6) is 0 Å². The molecule has 0 amide bonds. The van der Waals surface area contributed by atoms with Crippen molar-refractivity contribution in [1.82, 2.24) is 0 Å². The van der Waals surface area contributed by atoms with Crippen molar-refractivity contribution in [3.63, 3.8) is 0 Å². The van der Waals surface area contributed by atoms with E-state index in [4.69, 9.17) is 0 Å². The molecule has 0 aliphatic rings. The van der Waals surface area contributed by atoms with Crippen molar-refractivity contribution in [2.24, 2.45) is 0 Å². The third-order valence-electron chi connectivity index (χ3n) is 3.08. The molecule has 0 spiro atoms. The molecule has 17 heavy (non-hydrogen) atoms. The highest BCUT2D eigenvalue weighted by Gasteiger charge is 2.04. The molecular formula is C15H11BrO. The summed E-state index contributed by atoms with van der Waals surface area (Å²) in [5.74, 6) is 0. The number of halogens is 1. The Kier molecular flexibility index (Phi) is 2.61. The average molecular weight is 287 g/mol. The molecule has 0 aromatic heterocycles. The molecule has 3 rings (SSSR count). The minimum absolute atomic E-state index is 0.0553. The molecule has 0 aliphatic heterocycles. The Morgan fingerprint density at radius 1 is 0.882 bits per heavy atom. The van der Waals surface area contributed by atoms with Crippen LogP contribution in [0.4, 0.5) is 0 Å². The minimum Gasteiger partial charge on any atom is -0.392 e. The van der Waals surface area contributed by atoms with Crippen LogP contribution in [0.3, 0.4) is 0 Å². The lowest BCUT2D eigenvalue weighted by atomic mass is 10.0. The number of hydrogen-bond acceptors (Lipinski definition) is 1. The maximum atomic E-state index is 9.32. The Bertz CT molecular complexity index is 704. The van der Waals surface area contributed by atoms with Crippen LogP contribution in [-0.4, -0.2) is 5.11 Å². The topological polar surface area (TPSA) is 20.2 Å². The zero-order valence-corrected chi connectivity index (χ0v) is 10.7. The lowest BCUT2D eigenvalue weighted by Gasteiger charge is -2.07. The number of rotatable bonds is 1. The molecular weight excluding hydrogens is 276 g/mol. The number of fused-ring (bicyclic) bond motifs is 3. The summed E-state index contributed by atoms with van der Waals surface area (Å²) in [6.07, 6.45) is 0. The molecule has 0 aliphatic carbocycles. The van der Waals surface area contributed by atoms with E-state index in [-0.39, 0.29) is 6.61 Å².